The Morgan fingerprint density at radius 3 is 2.65 bits per heavy atom. The molecule has 1 aliphatic heterocycles. The summed E-state index contributed by atoms with van der Waals surface area (Å²) in [5, 5.41) is 0.707. The molecule has 0 saturated carbocycles. The van der Waals surface area contributed by atoms with Crippen molar-refractivity contribution in [3.63, 3.8) is 0 Å². The van der Waals surface area contributed by atoms with Crippen LogP contribution in [0, 0.1) is 5.82 Å². The van der Waals surface area contributed by atoms with Crippen LogP contribution in [0.15, 0.2) is 36.4 Å². The number of nitrogens with two attached hydrogens (primary N) is 1. The molecule has 1 unspecified atom stereocenters. The Labute approximate surface area is 123 Å². The Hall–Kier alpha value is -1.58. The van der Waals surface area contributed by atoms with E-state index in [1.54, 1.807) is 6.07 Å². The van der Waals surface area contributed by atoms with Crippen LogP contribution in [0.1, 0.15) is 22.6 Å². The molecule has 0 fully saturated rings. The summed E-state index contributed by atoms with van der Waals surface area (Å²) in [4.78, 5) is 2.22. The van der Waals surface area contributed by atoms with Crippen LogP contribution in [0.2, 0.25) is 5.02 Å². The van der Waals surface area contributed by atoms with Crippen molar-refractivity contribution < 1.29 is 4.39 Å². The first-order valence-electron chi connectivity index (χ1n) is 6.56. The second kappa shape index (κ2) is 5.08. The molecule has 4 heteroatoms. The third-order valence-corrected chi connectivity index (χ3v) is 4.16. The van der Waals surface area contributed by atoms with Crippen molar-refractivity contribution in [2.45, 2.75) is 12.5 Å². The summed E-state index contributed by atoms with van der Waals surface area (Å²) >= 11 is 6.32. The topological polar surface area (TPSA) is 29.3 Å². The summed E-state index contributed by atoms with van der Waals surface area (Å²) in [7, 11) is 2.06. The summed E-state index contributed by atoms with van der Waals surface area (Å²) in [6.45, 7) is 1.69. The lowest BCUT2D eigenvalue weighted by atomic mass is 9.84. The minimum atomic E-state index is -0.219. The number of likely N-dealkylation sites (N-methyl/N-ethyl adjacent to an activating group) is 1. The van der Waals surface area contributed by atoms with E-state index in [2.05, 4.69) is 11.9 Å². The average molecular weight is 291 g/mol. The molecule has 0 aromatic heterocycles. The first-order valence-corrected chi connectivity index (χ1v) is 6.94. The SMILES string of the molecule is CN1Cc2c(Cl)cc(N)cc2C(c2ccc(F)cc2)C1. The third kappa shape index (κ3) is 2.39. The van der Waals surface area contributed by atoms with E-state index < -0.39 is 0 Å². The van der Waals surface area contributed by atoms with Crippen LogP contribution in [0.3, 0.4) is 0 Å². The van der Waals surface area contributed by atoms with Gasteiger partial charge in [-0.15, -0.1) is 0 Å². The van der Waals surface area contributed by atoms with Gasteiger partial charge in [-0.1, -0.05) is 23.7 Å². The van der Waals surface area contributed by atoms with Gasteiger partial charge in [-0.25, -0.2) is 4.39 Å². The van der Waals surface area contributed by atoms with Gasteiger partial charge in [0.15, 0.2) is 0 Å². The molecule has 1 heterocycles. The second-order valence-electron chi connectivity index (χ2n) is 5.37. The molecular formula is C16H16ClFN2. The molecule has 2 nitrogen and oxygen atoms in total. The Bertz CT molecular complexity index is 640. The van der Waals surface area contributed by atoms with Gasteiger partial charge in [0.05, 0.1) is 0 Å². The molecule has 1 aliphatic rings. The highest BCUT2D eigenvalue weighted by Crippen LogP contribution is 2.37. The van der Waals surface area contributed by atoms with Gasteiger partial charge in [-0.3, -0.25) is 0 Å². The minimum absolute atomic E-state index is 0.172. The largest absolute Gasteiger partial charge is 0.399 e. The van der Waals surface area contributed by atoms with Crippen LogP contribution in [-0.4, -0.2) is 18.5 Å². The number of benzene rings is 2. The van der Waals surface area contributed by atoms with Crippen LogP contribution < -0.4 is 5.73 Å². The molecule has 0 bridgehead atoms. The minimum Gasteiger partial charge on any atom is -0.399 e. The molecule has 2 N–H and O–H groups in total. The summed E-state index contributed by atoms with van der Waals surface area (Å²) < 4.78 is 13.1. The Kier molecular flexibility index (Phi) is 3.40. The maximum Gasteiger partial charge on any atom is 0.123 e. The summed E-state index contributed by atoms with van der Waals surface area (Å²) in [6.07, 6.45) is 0. The van der Waals surface area contributed by atoms with E-state index >= 15 is 0 Å². The van der Waals surface area contributed by atoms with Crippen LogP contribution in [0.5, 0.6) is 0 Å². The molecule has 0 saturated heterocycles. The summed E-state index contributed by atoms with van der Waals surface area (Å²) in [5.41, 5.74) is 9.95. The highest BCUT2D eigenvalue weighted by Gasteiger charge is 2.26. The van der Waals surface area contributed by atoms with Gasteiger partial charge in [0.1, 0.15) is 5.82 Å². The van der Waals surface area contributed by atoms with E-state index in [0.717, 1.165) is 29.8 Å². The van der Waals surface area contributed by atoms with Gasteiger partial charge in [-0.2, -0.15) is 0 Å². The van der Waals surface area contributed by atoms with Crippen molar-refractivity contribution in [2.75, 3.05) is 19.3 Å². The van der Waals surface area contributed by atoms with Crippen molar-refractivity contribution in [2.24, 2.45) is 0 Å². The number of nitrogen functional groups attached to an aromatic ring is 1. The monoisotopic (exact) mass is 290 g/mol. The molecule has 0 amide bonds. The van der Waals surface area contributed by atoms with E-state index in [4.69, 9.17) is 17.3 Å². The molecule has 3 rings (SSSR count). The number of hydrogen-bond acceptors (Lipinski definition) is 2. The molecule has 2 aromatic carbocycles. The molecule has 104 valence electrons. The number of fused-ring (bicyclic) bond motifs is 1. The van der Waals surface area contributed by atoms with Crippen molar-refractivity contribution in [1.29, 1.82) is 0 Å². The van der Waals surface area contributed by atoms with Crippen molar-refractivity contribution in [3.05, 3.63) is 63.9 Å². The summed E-state index contributed by atoms with van der Waals surface area (Å²) in [6, 6.07) is 10.4. The van der Waals surface area contributed by atoms with Gasteiger partial charge in [0.2, 0.25) is 0 Å². The number of nitrogens with zero attached hydrogens (tertiary/aromatic N) is 1. The zero-order valence-electron chi connectivity index (χ0n) is 11.2. The van der Waals surface area contributed by atoms with E-state index in [9.17, 15) is 4.39 Å². The van der Waals surface area contributed by atoms with E-state index in [0.29, 0.717) is 10.7 Å². The maximum absolute atomic E-state index is 13.1. The van der Waals surface area contributed by atoms with Gasteiger partial charge in [0.25, 0.3) is 0 Å². The zero-order valence-corrected chi connectivity index (χ0v) is 12.0. The highest BCUT2D eigenvalue weighted by molar-refractivity contribution is 6.31. The summed E-state index contributed by atoms with van der Waals surface area (Å²) in [5.74, 6) is -0.0471. The van der Waals surface area contributed by atoms with E-state index in [-0.39, 0.29) is 11.7 Å². The van der Waals surface area contributed by atoms with Crippen LogP contribution in [0.4, 0.5) is 10.1 Å². The van der Waals surface area contributed by atoms with Crippen LogP contribution >= 0.6 is 11.6 Å². The molecule has 1 atom stereocenters. The maximum atomic E-state index is 13.1. The highest BCUT2D eigenvalue weighted by atomic mass is 35.5. The number of rotatable bonds is 1. The molecule has 0 spiro atoms. The zero-order chi connectivity index (χ0) is 14.3. The van der Waals surface area contributed by atoms with E-state index in [1.807, 2.05) is 18.2 Å². The quantitative estimate of drug-likeness (QED) is 0.813. The first-order chi connectivity index (χ1) is 9.54. The predicted molar refractivity (Wildman–Crippen MR) is 80.4 cm³/mol. The lowest BCUT2D eigenvalue weighted by molar-refractivity contribution is 0.295. The van der Waals surface area contributed by atoms with Gasteiger partial charge >= 0.3 is 0 Å². The Morgan fingerprint density at radius 1 is 1.25 bits per heavy atom. The Morgan fingerprint density at radius 2 is 1.95 bits per heavy atom. The fourth-order valence-corrected chi connectivity index (χ4v) is 3.18. The standard InChI is InChI=1S/C16H16ClFN2/c1-20-8-14(10-2-4-11(18)5-3-10)13-6-12(19)7-16(17)15(13)9-20/h2-7,14H,8-9,19H2,1H3. The van der Waals surface area contributed by atoms with Crippen LogP contribution in [0.25, 0.3) is 0 Å². The fourth-order valence-electron chi connectivity index (χ4n) is 2.88. The molecule has 2 aromatic rings. The predicted octanol–water partition coefficient (Wildman–Crippen LogP) is 3.64. The molecule has 0 radical (unpaired) electrons. The molecular weight excluding hydrogens is 275 g/mol. The first kappa shape index (κ1) is 13.4. The fraction of sp³-hybridized carbons (Fsp3) is 0.250. The van der Waals surface area contributed by atoms with Gasteiger partial charge in [-0.05, 0) is 48.0 Å². The van der Waals surface area contributed by atoms with Crippen LogP contribution in [-0.2, 0) is 6.54 Å². The number of anilines is 1. The smallest absolute Gasteiger partial charge is 0.123 e. The normalized spacial score (nSPS) is 18.9. The van der Waals surface area contributed by atoms with Crippen molar-refractivity contribution >= 4 is 17.3 Å². The Balaban J connectivity index is 2.12. The second-order valence-corrected chi connectivity index (χ2v) is 5.78. The molecule has 20 heavy (non-hydrogen) atoms. The van der Waals surface area contributed by atoms with Crippen molar-refractivity contribution in [1.82, 2.24) is 4.90 Å². The lowest BCUT2D eigenvalue weighted by Gasteiger charge is -2.33. The van der Waals surface area contributed by atoms with Gasteiger partial charge in [0, 0.05) is 29.7 Å². The number of hydrogen-bond donors (Lipinski definition) is 1. The third-order valence-electron chi connectivity index (χ3n) is 3.82. The van der Waals surface area contributed by atoms with E-state index in [1.165, 1.54) is 12.1 Å². The molecule has 0 aliphatic carbocycles. The van der Waals surface area contributed by atoms with Crippen molar-refractivity contribution in [3.8, 4) is 0 Å². The average Bonchev–Trinajstić information content (AvgIpc) is 2.40. The number of halogens is 2. The lowest BCUT2D eigenvalue weighted by Crippen LogP contribution is -2.31. The van der Waals surface area contributed by atoms with Gasteiger partial charge < -0.3 is 10.6 Å².